The summed E-state index contributed by atoms with van der Waals surface area (Å²) < 4.78 is 47.9. The van der Waals surface area contributed by atoms with Crippen LogP contribution < -0.4 is 14.4 Å². The second-order valence-corrected chi connectivity index (χ2v) is 12.4. The highest BCUT2D eigenvalue weighted by molar-refractivity contribution is 7.92. The number of unbranched alkanes of at least 4 members (excludes halogenated alkanes) is 1. The van der Waals surface area contributed by atoms with Gasteiger partial charge in [-0.05, 0) is 86.0 Å². The molecule has 12 heteroatoms. The van der Waals surface area contributed by atoms with Crippen molar-refractivity contribution in [2.75, 3.05) is 24.0 Å². The van der Waals surface area contributed by atoms with Crippen LogP contribution >= 0.6 is 23.2 Å². The summed E-state index contributed by atoms with van der Waals surface area (Å²) in [6.07, 6.45) is 1.92. The third-order valence-corrected chi connectivity index (χ3v) is 9.20. The van der Waals surface area contributed by atoms with E-state index in [0.717, 1.165) is 41.4 Å². The highest BCUT2D eigenvalue weighted by atomic mass is 35.5. The summed E-state index contributed by atoms with van der Waals surface area (Å²) >= 11 is 12.3. The fourth-order valence-electron chi connectivity index (χ4n) is 4.40. The molecule has 3 aromatic carbocycles. The number of sulfonamides is 1. The number of hydrogen-bond donors (Lipinski definition) is 1. The molecule has 0 aliphatic heterocycles. The first-order valence-electron chi connectivity index (χ1n) is 14.0. The quantitative estimate of drug-likeness (QED) is 0.191. The number of hydrogen-bond acceptors (Lipinski definition) is 5. The molecular weight excluding hydrogens is 616 g/mol. The third-order valence-electron chi connectivity index (χ3n) is 6.67. The molecule has 0 radical (unpaired) electrons. The Labute approximate surface area is 262 Å². The van der Waals surface area contributed by atoms with Gasteiger partial charge in [-0.1, -0.05) is 49.5 Å². The van der Waals surface area contributed by atoms with E-state index < -0.39 is 34.3 Å². The van der Waals surface area contributed by atoms with Crippen molar-refractivity contribution in [1.82, 2.24) is 10.2 Å². The van der Waals surface area contributed by atoms with Crippen molar-refractivity contribution in [2.45, 2.75) is 57.5 Å². The third kappa shape index (κ3) is 9.08. The standard InChI is InChI=1S/C31H36Cl2FN3O5S/c1-4-7-18-35-31(39)29(5-2)36(20-22-8-17-27(32)28(33)19-22)30(38)21-37(24-11-13-25(14-12-24)42-6-3)43(40,41)26-15-9-23(34)10-16-26/h8-17,19,29H,4-7,18,20-21H2,1-3H3,(H,35,39)/t29-/m0/s1. The summed E-state index contributed by atoms with van der Waals surface area (Å²) in [5.74, 6) is -1.05. The van der Waals surface area contributed by atoms with Crippen LogP contribution in [0.3, 0.4) is 0 Å². The lowest BCUT2D eigenvalue weighted by Gasteiger charge is -2.33. The summed E-state index contributed by atoms with van der Waals surface area (Å²) in [6.45, 7) is 5.80. The number of rotatable bonds is 15. The van der Waals surface area contributed by atoms with Crippen LogP contribution in [0.4, 0.5) is 10.1 Å². The van der Waals surface area contributed by atoms with Crippen molar-refractivity contribution in [3.05, 3.63) is 88.2 Å². The molecule has 3 rings (SSSR count). The molecule has 232 valence electrons. The average molecular weight is 653 g/mol. The molecule has 0 fully saturated rings. The van der Waals surface area contributed by atoms with Gasteiger partial charge in [-0.25, -0.2) is 12.8 Å². The molecule has 2 amide bonds. The molecule has 0 saturated heterocycles. The van der Waals surface area contributed by atoms with Gasteiger partial charge >= 0.3 is 0 Å². The van der Waals surface area contributed by atoms with E-state index in [1.54, 1.807) is 37.3 Å². The maximum atomic E-state index is 14.1. The second-order valence-electron chi connectivity index (χ2n) is 9.73. The maximum absolute atomic E-state index is 14.1. The minimum absolute atomic E-state index is 0.0247. The van der Waals surface area contributed by atoms with Crippen LogP contribution in [0.2, 0.25) is 10.0 Å². The van der Waals surface area contributed by atoms with Crippen molar-refractivity contribution < 1.29 is 27.1 Å². The van der Waals surface area contributed by atoms with Gasteiger partial charge < -0.3 is 15.0 Å². The number of amides is 2. The van der Waals surface area contributed by atoms with E-state index in [-0.39, 0.29) is 34.5 Å². The Kier molecular flexibility index (Phi) is 12.7. The van der Waals surface area contributed by atoms with Gasteiger partial charge in [0.25, 0.3) is 10.0 Å². The number of ether oxygens (including phenoxy) is 1. The number of nitrogens with one attached hydrogen (secondary N) is 1. The van der Waals surface area contributed by atoms with E-state index in [1.165, 1.54) is 17.0 Å². The molecule has 1 N–H and O–H groups in total. The SMILES string of the molecule is CCCCNC(=O)[C@H](CC)N(Cc1ccc(Cl)c(Cl)c1)C(=O)CN(c1ccc(OCC)cc1)S(=O)(=O)c1ccc(F)cc1. The molecule has 0 saturated carbocycles. The van der Waals surface area contributed by atoms with Gasteiger partial charge in [0.05, 0.1) is 27.2 Å². The Balaban J connectivity index is 2.05. The van der Waals surface area contributed by atoms with E-state index in [1.807, 2.05) is 13.8 Å². The molecule has 0 bridgehead atoms. The Morgan fingerprint density at radius 3 is 2.21 bits per heavy atom. The first-order valence-corrected chi connectivity index (χ1v) is 16.2. The Morgan fingerprint density at radius 2 is 1.63 bits per heavy atom. The van der Waals surface area contributed by atoms with Crippen LogP contribution in [-0.4, -0.2) is 50.9 Å². The van der Waals surface area contributed by atoms with Crippen molar-refractivity contribution in [3.8, 4) is 5.75 Å². The summed E-state index contributed by atoms with van der Waals surface area (Å²) in [5, 5.41) is 3.49. The van der Waals surface area contributed by atoms with Gasteiger partial charge in [0.2, 0.25) is 11.8 Å². The monoisotopic (exact) mass is 651 g/mol. The zero-order chi connectivity index (χ0) is 31.6. The molecule has 8 nitrogen and oxygen atoms in total. The molecule has 0 aliphatic carbocycles. The number of carbonyl (C=O) groups excluding carboxylic acids is 2. The molecule has 0 spiro atoms. The molecular formula is C31H36Cl2FN3O5S. The van der Waals surface area contributed by atoms with Gasteiger partial charge in [0.1, 0.15) is 24.2 Å². The number of nitrogens with zero attached hydrogens (tertiary/aromatic N) is 2. The van der Waals surface area contributed by atoms with Gasteiger partial charge in [-0.2, -0.15) is 0 Å². The van der Waals surface area contributed by atoms with Crippen molar-refractivity contribution in [1.29, 1.82) is 0 Å². The Bertz CT molecular complexity index is 1490. The number of halogens is 3. The second kappa shape index (κ2) is 15.9. The van der Waals surface area contributed by atoms with Crippen LogP contribution in [-0.2, 0) is 26.2 Å². The van der Waals surface area contributed by atoms with Gasteiger partial charge in [-0.15, -0.1) is 0 Å². The van der Waals surface area contributed by atoms with Crippen LogP contribution in [0.25, 0.3) is 0 Å². The van der Waals surface area contributed by atoms with Crippen molar-refractivity contribution in [2.24, 2.45) is 0 Å². The first kappa shape index (κ1) is 34.2. The summed E-state index contributed by atoms with van der Waals surface area (Å²) in [5.41, 5.74) is 0.799. The number of anilines is 1. The summed E-state index contributed by atoms with van der Waals surface area (Å²) in [6, 6.07) is 14.6. The zero-order valence-electron chi connectivity index (χ0n) is 24.4. The smallest absolute Gasteiger partial charge is 0.264 e. The summed E-state index contributed by atoms with van der Waals surface area (Å²) in [4.78, 5) is 28.5. The van der Waals surface area contributed by atoms with Gasteiger partial charge in [0.15, 0.2) is 0 Å². The minimum Gasteiger partial charge on any atom is -0.494 e. The summed E-state index contributed by atoms with van der Waals surface area (Å²) in [7, 11) is -4.34. The normalized spacial score (nSPS) is 12.0. The number of carbonyl (C=O) groups is 2. The first-order chi connectivity index (χ1) is 20.5. The van der Waals surface area contributed by atoms with Gasteiger partial charge in [0, 0.05) is 13.1 Å². The fraction of sp³-hybridized carbons (Fsp3) is 0.355. The topological polar surface area (TPSA) is 96.0 Å². The van der Waals surface area contributed by atoms with E-state index >= 15 is 0 Å². The highest BCUT2D eigenvalue weighted by Gasteiger charge is 2.33. The van der Waals surface area contributed by atoms with Crippen molar-refractivity contribution >= 4 is 50.7 Å². The van der Waals surface area contributed by atoms with Crippen LogP contribution in [0.15, 0.2) is 71.6 Å². The van der Waals surface area contributed by atoms with Crippen LogP contribution in [0.1, 0.15) is 45.6 Å². The van der Waals surface area contributed by atoms with Crippen LogP contribution in [0, 0.1) is 5.82 Å². The largest absolute Gasteiger partial charge is 0.494 e. The zero-order valence-corrected chi connectivity index (χ0v) is 26.7. The molecule has 0 aliphatic rings. The maximum Gasteiger partial charge on any atom is 0.264 e. The van der Waals surface area contributed by atoms with Gasteiger partial charge in [-0.3, -0.25) is 13.9 Å². The lowest BCUT2D eigenvalue weighted by molar-refractivity contribution is -0.140. The lowest BCUT2D eigenvalue weighted by atomic mass is 10.1. The highest BCUT2D eigenvalue weighted by Crippen LogP contribution is 2.28. The molecule has 0 heterocycles. The molecule has 3 aromatic rings. The fourth-order valence-corrected chi connectivity index (χ4v) is 6.13. The minimum atomic E-state index is -4.34. The average Bonchev–Trinajstić information content (AvgIpc) is 2.98. The van der Waals surface area contributed by atoms with E-state index in [9.17, 15) is 22.4 Å². The molecule has 0 aromatic heterocycles. The number of benzene rings is 3. The van der Waals surface area contributed by atoms with E-state index in [4.69, 9.17) is 27.9 Å². The van der Waals surface area contributed by atoms with Crippen LogP contribution in [0.5, 0.6) is 5.75 Å². The van der Waals surface area contributed by atoms with E-state index in [0.29, 0.717) is 29.5 Å². The Morgan fingerprint density at radius 1 is 0.953 bits per heavy atom. The molecule has 0 unspecified atom stereocenters. The van der Waals surface area contributed by atoms with Crippen molar-refractivity contribution in [3.63, 3.8) is 0 Å². The molecule has 43 heavy (non-hydrogen) atoms. The molecule has 1 atom stereocenters. The Hall–Kier alpha value is -3.34. The lowest BCUT2D eigenvalue weighted by Crippen LogP contribution is -2.52. The predicted octanol–water partition coefficient (Wildman–Crippen LogP) is 6.45. The van der Waals surface area contributed by atoms with E-state index in [2.05, 4.69) is 5.32 Å². The predicted molar refractivity (Wildman–Crippen MR) is 168 cm³/mol.